The zero-order valence-electron chi connectivity index (χ0n) is 14.0. The van der Waals surface area contributed by atoms with E-state index >= 15 is 0 Å². The lowest BCUT2D eigenvalue weighted by Gasteiger charge is -2.12. The van der Waals surface area contributed by atoms with Crippen LogP contribution in [-0.4, -0.2) is 39.4 Å². The average Bonchev–Trinajstić information content (AvgIpc) is 2.51. The van der Waals surface area contributed by atoms with Gasteiger partial charge >= 0.3 is 0 Å². The first-order valence-electron chi connectivity index (χ1n) is 7.49. The summed E-state index contributed by atoms with van der Waals surface area (Å²) in [5.41, 5.74) is 0.763. The Morgan fingerprint density at radius 2 is 2.13 bits per heavy atom. The zero-order valence-corrected chi connectivity index (χ0v) is 14.8. The number of carbonyl (C=O) groups excluding carboxylic acids is 1. The lowest BCUT2D eigenvalue weighted by molar-refractivity contribution is -0.117. The fourth-order valence-electron chi connectivity index (χ4n) is 1.97. The van der Waals surface area contributed by atoms with Crippen molar-refractivity contribution in [2.24, 2.45) is 0 Å². The van der Waals surface area contributed by atoms with Crippen LogP contribution in [0.2, 0.25) is 5.02 Å². The van der Waals surface area contributed by atoms with Crippen molar-refractivity contribution in [2.75, 3.05) is 27.4 Å². The van der Waals surface area contributed by atoms with Crippen molar-refractivity contribution in [2.45, 2.75) is 26.3 Å². The molecule has 0 saturated heterocycles. The van der Waals surface area contributed by atoms with Crippen molar-refractivity contribution >= 4 is 23.6 Å². The van der Waals surface area contributed by atoms with Crippen molar-refractivity contribution < 1.29 is 19.0 Å². The van der Waals surface area contributed by atoms with Crippen molar-refractivity contribution in [1.82, 2.24) is 5.32 Å². The average molecular weight is 342 g/mol. The summed E-state index contributed by atoms with van der Waals surface area (Å²) in [6.07, 6.45) is 3.92. The third-order valence-electron chi connectivity index (χ3n) is 3.11. The third kappa shape index (κ3) is 6.50. The summed E-state index contributed by atoms with van der Waals surface area (Å²) < 4.78 is 15.7. The molecule has 0 bridgehead atoms. The second-order valence-electron chi connectivity index (χ2n) is 4.99. The molecule has 1 rings (SSSR count). The van der Waals surface area contributed by atoms with Crippen LogP contribution in [0.3, 0.4) is 0 Å². The molecular formula is C17H24ClNO4. The monoisotopic (exact) mass is 341 g/mol. The van der Waals surface area contributed by atoms with E-state index in [2.05, 4.69) is 5.32 Å². The van der Waals surface area contributed by atoms with Gasteiger partial charge in [-0.05, 0) is 44.0 Å². The quantitative estimate of drug-likeness (QED) is 0.700. The standard InChI is InChI=1S/C17H24ClNO4/c1-5-23-15-11-13(10-14(18)17(15)22-4)6-7-16(20)19-12(2)8-9-21-3/h6-7,10-12H,5,8-9H2,1-4H3,(H,19,20). The molecule has 5 nitrogen and oxygen atoms in total. The van der Waals surface area contributed by atoms with Crippen LogP contribution in [0.4, 0.5) is 0 Å². The van der Waals surface area contributed by atoms with Crippen LogP contribution in [0.5, 0.6) is 11.5 Å². The minimum atomic E-state index is -0.168. The zero-order chi connectivity index (χ0) is 17.2. The summed E-state index contributed by atoms with van der Waals surface area (Å²) in [7, 11) is 3.17. The summed E-state index contributed by atoms with van der Waals surface area (Å²) in [6.45, 7) is 4.92. The van der Waals surface area contributed by atoms with Crippen LogP contribution >= 0.6 is 11.6 Å². The summed E-state index contributed by atoms with van der Waals surface area (Å²) in [5, 5.41) is 3.30. The van der Waals surface area contributed by atoms with E-state index in [0.29, 0.717) is 29.7 Å². The predicted octanol–water partition coefficient (Wildman–Crippen LogP) is 3.30. The van der Waals surface area contributed by atoms with E-state index in [-0.39, 0.29) is 11.9 Å². The summed E-state index contributed by atoms with van der Waals surface area (Å²) in [5.74, 6) is 0.873. The van der Waals surface area contributed by atoms with Crippen molar-refractivity contribution in [3.05, 3.63) is 28.8 Å². The largest absolute Gasteiger partial charge is 0.491 e. The molecule has 0 aromatic heterocycles. The summed E-state index contributed by atoms with van der Waals surface area (Å²) >= 11 is 6.17. The van der Waals surface area contributed by atoms with Gasteiger partial charge in [0.25, 0.3) is 0 Å². The van der Waals surface area contributed by atoms with Gasteiger partial charge in [-0.2, -0.15) is 0 Å². The molecule has 1 aromatic carbocycles. The Labute approximate surface area is 142 Å². The van der Waals surface area contributed by atoms with E-state index < -0.39 is 0 Å². The maximum Gasteiger partial charge on any atom is 0.244 e. The van der Waals surface area contributed by atoms with Gasteiger partial charge in [0.15, 0.2) is 11.5 Å². The topological polar surface area (TPSA) is 56.8 Å². The molecule has 0 fully saturated rings. The number of nitrogens with one attached hydrogen (secondary N) is 1. The highest BCUT2D eigenvalue weighted by atomic mass is 35.5. The van der Waals surface area contributed by atoms with E-state index in [9.17, 15) is 4.79 Å². The second-order valence-corrected chi connectivity index (χ2v) is 5.40. The Kier molecular flexibility index (Phi) is 8.51. The molecule has 1 unspecified atom stereocenters. The van der Waals surface area contributed by atoms with Crippen LogP contribution in [0.25, 0.3) is 6.08 Å². The van der Waals surface area contributed by atoms with E-state index in [1.54, 1.807) is 25.3 Å². The Hall–Kier alpha value is -1.72. The highest BCUT2D eigenvalue weighted by molar-refractivity contribution is 6.32. The highest BCUT2D eigenvalue weighted by Gasteiger charge is 2.11. The lowest BCUT2D eigenvalue weighted by Crippen LogP contribution is -2.31. The molecule has 0 aliphatic carbocycles. The molecule has 0 saturated carbocycles. The van der Waals surface area contributed by atoms with E-state index in [1.807, 2.05) is 13.8 Å². The number of benzene rings is 1. The van der Waals surface area contributed by atoms with Gasteiger partial charge in [0.05, 0.1) is 18.7 Å². The molecule has 0 spiro atoms. The molecule has 0 aliphatic rings. The van der Waals surface area contributed by atoms with Gasteiger partial charge < -0.3 is 19.5 Å². The fraction of sp³-hybridized carbons (Fsp3) is 0.471. The predicted molar refractivity (Wildman–Crippen MR) is 92.3 cm³/mol. The van der Waals surface area contributed by atoms with Crippen LogP contribution in [-0.2, 0) is 9.53 Å². The van der Waals surface area contributed by atoms with Crippen LogP contribution in [0.1, 0.15) is 25.8 Å². The molecule has 6 heteroatoms. The van der Waals surface area contributed by atoms with Gasteiger partial charge in [0, 0.05) is 25.8 Å². The molecule has 1 atom stereocenters. The minimum absolute atomic E-state index is 0.0468. The lowest BCUT2D eigenvalue weighted by atomic mass is 10.1. The third-order valence-corrected chi connectivity index (χ3v) is 3.39. The van der Waals surface area contributed by atoms with Gasteiger partial charge in [-0.1, -0.05) is 11.6 Å². The smallest absolute Gasteiger partial charge is 0.244 e. The first kappa shape index (κ1) is 19.3. The number of amides is 1. The Morgan fingerprint density at radius 1 is 1.39 bits per heavy atom. The Balaban J connectivity index is 2.77. The summed E-state index contributed by atoms with van der Waals surface area (Å²) in [4.78, 5) is 11.9. The van der Waals surface area contributed by atoms with Crippen molar-refractivity contribution in [3.63, 3.8) is 0 Å². The van der Waals surface area contributed by atoms with Gasteiger partial charge in [-0.25, -0.2) is 0 Å². The summed E-state index contributed by atoms with van der Waals surface area (Å²) in [6, 6.07) is 3.55. The second kappa shape index (κ2) is 10.1. The first-order chi connectivity index (χ1) is 11.0. The highest BCUT2D eigenvalue weighted by Crippen LogP contribution is 2.36. The van der Waals surface area contributed by atoms with Crippen LogP contribution in [0.15, 0.2) is 18.2 Å². The van der Waals surface area contributed by atoms with Gasteiger partial charge in [-0.3, -0.25) is 4.79 Å². The van der Waals surface area contributed by atoms with Crippen LogP contribution < -0.4 is 14.8 Å². The maximum absolute atomic E-state index is 11.9. The molecule has 0 aliphatic heterocycles. The fourth-order valence-corrected chi connectivity index (χ4v) is 2.27. The van der Waals surface area contributed by atoms with Crippen LogP contribution in [0, 0.1) is 0 Å². The molecule has 0 heterocycles. The number of methoxy groups -OCH3 is 2. The number of hydrogen-bond acceptors (Lipinski definition) is 4. The molecular weight excluding hydrogens is 318 g/mol. The minimum Gasteiger partial charge on any atom is -0.491 e. The number of halogens is 1. The number of hydrogen-bond donors (Lipinski definition) is 1. The van der Waals surface area contributed by atoms with Crippen molar-refractivity contribution in [3.8, 4) is 11.5 Å². The molecule has 1 aromatic rings. The SMILES string of the molecule is CCOc1cc(C=CC(=O)NC(C)CCOC)cc(Cl)c1OC. The maximum atomic E-state index is 11.9. The van der Waals surface area contributed by atoms with E-state index in [4.69, 9.17) is 25.8 Å². The molecule has 0 radical (unpaired) electrons. The molecule has 1 amide bonds. The van der Waals surface area contributed by atoms with Gasteiger partial charge in [-0.15, -0.1) is 0 Å². The number of ether oxygens (including phenoxy) is 3. The Morgan fingerprint density at radius 3 is 2.74 bits per heavy atom. The normalized spacial score (nSPS) is 12.2. The van der Waals surface area contributed by atoms with Gasteiger partial charge in [0.2, 0.25) is 5.91 Å². The number of carbonyl (C=O) groups is 1. The van der Waals surface area contributed by atoms with E-state index in [1.165, 1.54) is 13.2 Å². The molecule has 23 heavy (non-hydrogen) atoms. The number of rotatable bonds is 9. The van der Waals surface area contributed by atoms with E-state index in [0.717, 1.165) is 12.0 Å². The van der Waals surface area contributed by atoms with Gasteiger partial charge in [0.1, 0.15) is 0 Å². The molecule has 1 N–H and O–H groups in total. The first-order valence-corrected chi connectivity index (χ1v) is 7.87. The molecule has 128 valence electrons. The van der Waals surface area contributed by atoms with Crippen molar-refractivity contribution in [1.29, 1.82) is 0 Å². The Bertz CT molecular complexity index is 546.